The lowest BCUT2D eigenvalue weighted by Crippen LogP contribution is -1.97. The lowest BCUT2D eigenvalue weighted by molar-refractivity contribution is -0.134. The van der Waals surface area contributed by atoms with Gasteiger partial charge in [-0.05, 0) is 12.8 Å². The first kappa shape index (κ1) is 11.4. The standard InChI is InChI=1S/C8H11BrO3/c1-12-8(11)5-3-2-4-7(9)6-10/h3,5-7H,2,4H2,1H3/b5-3+. The van der Waals surface area contributed by atoms with Gasteiger partial charge in [-0.15, -0.1) is 0 Å². The minimum Gasteiger partial charge on any atom is -0.466 e. The van der Waals surface area contributed by atoms with Gasteiger partial charge in [-0.3, -0.25) is 0 Å². The fourth-order valence-corrected chi connectivity index (χ4v) is 0.835. The van der Waals surface area contributed by atoms with Crippen LogP contribution < -0.4 is 0 Å². The third kappa shape index (κ3) is 6.09. The molecule has 0 N–H and O–H groups in total. The maximum Gasteiger partial charge on any atom is 0.330 e. The summed E-state index contributed by atoms with van der Waals surface area (Å²) in [6, 6.07) is 0. The highest BCUT2D eigenvalue weighted by Crippen LogP contribution is 2.05. The first-order valence-corrected chi connectivity index (χ1v) is 4.46. The van der Waals surface area contributed by atoms with Crippen LogP contribution in [0.2, 0.25) is 0 Å². The Morgan fingerprint density at radius 3 is 2.83 bits per heavy atom. The quantitative estimate of drug-likeness (QED) is 0.313. The molecule has 0 heterocycles. The topological polar surface area (TPSA) is 43.4 Å². The molecule has 68 valence electrons. The van der Waals surface area contributed by atoms with Crippen LogP contribution in [-0.2, 0) is 14.3 Å². The predicted molar refractivity (Wildman–Crippen MR) is 49.2 cm³/mol. The summed E-state index contributed by atoms with van der Waals surface area (Å²) >= 11 is 3.14. The Labute approximate surface area is 79.9 Å². The van der Waals surface area contributed by atoms with Crippen molar-refractivity contribution in [2.24, 2.45) is 0 Å². The first-order chi connectivity index (χ1) is 5.70. The molecule has 1 unspecified atom stereocenters. The second-order valence-corrected chi connectivity index (χ2v) is 3.33. The van der Waals surface area contributed by atoms with Gasteiger partial charge in [-0.25, -0.2) is 4.79 Å². The highest BCUT2D eigenvalue weighted by atomic mass is 79.9. The largest absolute Gasteiger partial charge is 0.466 e. The molecule has 0 aliphatic rings. The summed E-state index contributed by atoms with van der Waals surface area (Å²) in [5, 5.41) is 0. The third-order valence-electron chi connectivity index (χ3n) is 1.21. The Bertz CT molecular complexity index is 177. The Balaban J connectivity index is 3.48. The number of hydrogen-bond donors (Lipinski definition) is 0. The second kappa shape index (κ2) is 7.03. The number of aldehydes is 1. The van der Waals surface area contributed by atoms with Crippen LogP contribution in [-0.4, -0.2) is 24.2 Å². The van der Waals surface area contributed by atoms with Gasteiger partial charge in [0.2, 0.25) is 0 Å². The van der Waals surface area contributed by atoms with Gasteiger partial charge in [0.25, 0.3) is 0 Å². The number of esters is 1. The lowest BCUT2D eigenvalue weighted by Gasteiger charge is -1.95. The van der Waals surface area contributed by atoms with Gasteiger partial charge in [-0.1, -0.05) is 22.0 Å². The minimum absolute atomic E-state index is 0.125. The maximum absolute atomic E-state index is 10.5. The van der Waals surface area contributed by atoms with E-state index in [1.807, 2.05) is 0 Å². The summed E-state index contributed by atoms with van der Waals surface area (Å²) in [6.07, 6.45) is 5.24. The van der Waals surface area contributed by atoms with Gasteiger partial charge in [0.1, 0.15) is 6.29 Å². The van der Waals surface area contributed by atoms with Gasteiger partial charge in [0.15, 0.2) is 0 Å². The molecule has 0 aromatic heterocycles. The molecular weight excluding hydrogens is 224 g/mol. The molecule has 0 spiro atoms. The molecule has 4 heteroatoms. The number of allylic oxidation sites excluding steroid dienone is 1. The van der Waals surface area contributed by atoms with Crippen LogP contribution in [0.5, 0.6) is 0 Å². The monoisotopic (exact) mass is 234 g/mol. The van der Waals surface area contributed by atoms with E-state index in [4.69, 9.17) is 0 Å². The van der Waals surface area contributed by atoms with Gasteiger partial charge in [0.05, 0.1) is 11.9 Å². The summed E-state index contributed by atoms with van der Waals surface area (Å²) in [5.41, 5.74) is 0. The zero-order valence-corrected chi connectivity index (χ0v) is 8.41. The van der Waals surface area contributed by atoms with E-state index in [1.165, 1.54) is 13.2 Å². The number of ether oxygens (including phenoxy) is 1. The number of methoxy groups -OCH3 is 1. The molecule has 0 amide bonds. The average molecular weight is 235 g/mol. The van der Waals surface area contributed by atoms with Crippen molar-refractivity contribution < 1.29 is 14.3 Å². The normalized spacial score (nSPS) is 12.8. The average Bonchev–Trinajstić information content (AvgIpc) is 2.11. The van der Waals surface area contributed by atoms with E-state index in [0.29, 0.717) is 12.8 Å². The maximum atomic E-state index is 10.5. The van der Waals surface area contributed by atoms with Gasteiger partial charge in [0, 0.05) is 6.08 Å². The molecule has 12 heavy (non-hydrogen) atoms. The zero-order chi connectivity index (χ0) is 9.40. The molecule has 0 aromatic rings. The van der Waals surface area contributed by atoms with Gasteiger partial charge < -0.3 is 9.53 Å². The van der Waals surface area contributed by atoms with E-state index in [9.17, 15) is 9.59 Å². The Kier molecular flexibility index (Phi) is 6.66. The Hall–Kier alpha value is -0.640. The highest BCUT2D eigenvalue weighted by molar-refractivity contribution is 9.09. The van der Waals surface area contributed by atoms with Crippen molar-refractivity contribution in [3.05, 3.63) is 12.2 Å². The summed E-state index contributed by atoms with van der Waals surface area (Å²) in [5.74, 6) is -0.368. The van der Waals surface area contributed by atoms with Gasteiger partial charge in [-0.2, -0.15) is 0 Å². The summed E-state index contributed by atoms with van der Waals surface area (Å²) < 4.78 is 4.38. The summed E-state index contributed by atoms with van der Waals surface area (Å²) in [6.45, 7) is 0. The van der Waals surface area contributed by atoms with Crippen molar-refractivity contribution in [1.29, 1.82) is 0 Å². The lowest BCUT2D eigenvalue weighted by atomic mass is 10.2. The van der Waals surface area contributed by atoms with Crippen LogP contribution in [0.3, 0.4) is 0 Å². The third-order valence-corrected chi connectivity index (χ3v) is 1.89. The minimum atomic E-state index is -0.368. The molecular formula is C8H11BrO3. The molecule has 3 nitrogen and oxygen atoms in total. The van der Waals surface area contributed by atoms with Crippen LogP contribution in [0.1, 0.15) is 12.8 Å². The number of carbonyl (C=O) groups excluding carboxylic acids is 2. The van der Waals surface area contributed by atoms with Crippen molar-refractivity contribution >= 4 is 28.2 Å². The molecule has 0 rings (SSSR count). The molecule has 0 bridgehead atoms. The summed E-state index contributed by atoms with van der Waals surface area (Å²) in [4.78, 5) is 20.5. The van der Waals surface area contributed by atoms with Crippen LogP contribution in [0.15, 0.2) is 12.2 Å². The number of hydrogen-bond acceptors (Lipinski definition) is 3. The highest BCUT2D eigenvalue weighted by Gasteiger charge is 1.98. The van der Waals surface area contributed by atoms with Crippen molar-refractivity contribution in [2.75, 3.05) is 7.11 Å². The fourth-order valence-electron chi connectivity index (χ4n) is 0.571. The molecule has 0 fully saturated rings. The van der Waals surface area contributed by atoms with Crippen molar-refractivity contribution in [3.63, 3.8) is 0 Å². The van der Waals surface area contributed by atoms with E-state index in [2.05, 4.69) is 20.7 Å². The first-order valence-electron chi connectivity index (χ1n) is 3.54. The molecule has 0 aliphatic carbocycles. The van der Waals surface area contributed by atoms with E-state index < -0.39 is 0 Å². The van der Waals surface area contributed by atoms with Crippen LogP contribution in [0, 0.1) is 0 Å². The Morgan fingerprint density at radius 1 is 1.67 bits per heavy atom. The Morgan fingerprint density at radius 2 is 2.33 bits per heavy atom. The van der Waals surface area contributed by atoms with Crippen molar-refractivity contribution in [3.8, 4) is 0 Å². The number of carbonyl (C=O) groups is 2. The van der Waals surface area contributed by atoms with Crippen molar-refractivity contribution in [2.45, 2.75) is 17.7 Å². The molecule has 0 aliphatic heterocycles. The van der Waals surface area contributed by atoms with E-state index in [0.717, 1.165) is 6.29 Å². The van der Waals surface area contributed by atoms with Crippen LogP contribution in [0.25, 0.3) is 0 Å². The molecule has 0 saturated carbocycles. The number of halogens is 1. The number of alkyl halides is 1. The zero-order valence-electron chi connectivity index (χ0n) is 6.83. The van der Waals surface area contributed by atoms with E-state index in [-0.39, 0.29) is 10.8 Å². The van der Waals surface area contributed by atoms with Crippen molar-refractivity contribution in [1.82, 2.24) is 0 Å². The van der Waals surface area contributed by atoms with E-state index in [1.54, 1.807) is 6.08 Å². The van der Waals surface area contributed by atoms with E-state index >= 15 is 0 Å². The van der Waals surface area contributed by atoms with Crippen LogP contribution in [0.4, 0.5) is 0 Å². The fraction of sp³-hybridized carbons (Fsp3) is 0.500. The summed E-state index contributed by atoms with van der Waals surface area (Å²) in [7, 11) is 1.32. The second-order valence-electron chi connectivity index (χ2n) is 2.15. The predicted octanol–water partition coefficient (Wildman–Crippen LogP) is 1.46. The SMILES string of the molecule is COC(=O)/C=C/CCC(Br)C=O. The number of rotatable bonds is 5. The molecule has 1 atom stereocenters. The van der Waals surface area contributed by atoms with Gasteiger partial charge >= 0.3 is 5.97 Å². The molecule has 0 aromatic carbocycles. The molecule has 0 saturated heterocycles. The molecule has 0 radical (unpaired) electrons. The smallest absolute Gasteiger partial charge is 0.330 e. The van der Waals surface area contributed by atoms with Crippen LogP contribution >= 0.6 is 15.9 Å².